The Kier molecular flexibility index (Phi) is 5.90. The first-order valence-electron chi connectivity index (χ1n) is 6.61. The molecule has 1 N–H and O–H groups in total. The molecule has 0 aromatic heterocycles. The van der Waals surface area contributed by atoms with E-state index in [0.29, 0.717) is 12.1 Å². The van der Waals surface area contributed by atoms with Crippen molar-refractivity contribution in [1.29, 1.82) is 5.26 Å². The predicted octanol–water partition coefficient (Wildman–Crippen LogP) is 0.903. The molecule has 0 radical (unpaired) electrons. The summed E-state index contributed by atoms with van der Waals surface area (Å²) in [7, 11) is 4.18. The normalized spacial score (nSPS) is 19.4. The minimum atomic E-state index is -0.0212. The molecule has 1 aliphatic rings. The van der Waals surface area contributed by atoms with E-state index in [9.17, 15) is 0 Å². The van der Waals surface area contributed by atoms with Crippen molar-refractivity contribution >= 4 is 0 Å². The maximum atomic E-state index is 9.16. The molecule has 0 aromatic carbocycles. The summed E-state index contributed by atoms with van der Waals surface area (Å²) in [6, 6.07) is 3.45. The molecule has 2 unspecified atom stereocenters. The van der Waals surface area contributed by atoms with Crippen molar-refractivity contribution in [3.05, 3.63) is 0 Å². The summed E-state index contributed by atoms with van der Waals surface area (Å²) >= 11 is 0. The van der Waals surface area contributed by atoms with Crippen LogP contribution in [0.2, 0.25) is 0 Å². The molecule has 98 valence electrons. The smallest absolute Gasteiger partial charge is 0.108 e. The van der Waals surface area contributed by atoms with Crippen LogP contribution < -0.4 is 5.32 Å². The summed E-state index contributed by atoms with van der Waals surface area (Å²) < 4.78 is 0. The van der Waals surface area contributed by atoms with E-state index in [0.717, 1.165) is 19.6 Å². The Balaban J connectivity index is 2.39. The Labute approximate surface area is 106 Å². The van der Waals surface area contributed by atoms with Gasteiger partial charge in [0.05, 0.1) is 6.07 Å². The fourth-order valence-electron chi connectivity index (χ4n) is 2.16. The number of nitrogens with one attached hydrogen (secondary N) is 1. The molecule has 0 spiro atoms. The number of hydrogen-bond donors (Lipinski definition) is 1. The third kappa shape index (κ3) is 5.49. The van der Waals surface area contributed by atoms with E-state index in [1.807, 2.05) is 0 Å². The molecule has 1 rings (SSSR count). The van der Waals surface area contributed by atoms with Crippen LogP contribution in [-0.4, -0.2) is 61.7 Å². The molecule has 0 aliphatic heterocycles. The molecule has 0 amide bonds. The van der Waals surface area contributed by atoms with Gasteiger partial charge in [-0.2, -0.15) is 5.26 Å². The second kappa shape index (κ2) is 6.95. The average Bonchev–Trinajstić information content (AvgIpc) is 3.06. The molecular weight excluding hydrogens is 212 g/mol. The van der Waals surface area contributed by atoms with E-state index in [1.165, 1.54) is 12.8 Å². The Bertz CT molecular complexity index is 255. The van der Waals surface area contributed by atoms with Crippen molar-refractivity contribution in [3.8, 4) is 6.07 Å². The molecule has 1 saturated carbocycles. The summed E-state index contributed by atoms with van der Waals surface area (Å²) in [4.78, 5) is 4.58. The molecule has 0 saturated heterocycles. The van der Waals surface area contributed by atoms with Crippen molar-refractivity contribution in [3.63, 3.8) is 0 Å². The third-order valence-corrected chi connectivity index (χ3v) is 3.25. The van der Waals surface area contributed by atoms with Gasteiger partial charge in [0.15, 0.2) is 0 Å². The lowest BCUT2D eigenvalue weighted by Gasteiger charge is -2.31. The maximum absolute atomic E-state index is 9.16. The van der Waals surface area contributed by atoms with Crippen molar-refractivity contribution in [1.82, 2.24) is 15.1 Å². The van der Waals surface area contributed by atoms with E-state index in [4.69, 9.17) is 5.26 Å². The lowest BCUT2D eigenvalue weighted by Crippen LogP contribution is -2.47. The second-order valence-corrected chi connectivity index (χ2v) is 5.32. The maximum Gasteiger partial charge on any atom is 0.108 e. The highest BCUT2D eigenvalue weighted by molar-refractivity contribution is 4.97. The van der Waals surface area contributed by atoms with Gasteiger partial charge in [-0.15, -0.1) is 0 Å². The SMILES string of the molecule is CCN(CC(C#N)NC1CC1)C(C)CN(C)C. The highest BCUT2D eigenvalue weighted by atomic mass is 15.2. The molecule has 0 bridgehead atoms. The Morgan fingerprint density at radius 1 is 1.35 bits per heavy atom. The van der Waals surface area contributed by atoms with E-state index in [1.54, 1.807) is 0 Å². The van der Waals surface area contributed by atoms with Gasteiger partial charge >= 0.3 is 0 Å². The fourth-order valence-corrected chi connectivity index (χ4v) is 2.16. The highest BCUT2D eigenvalue weighted by Crippen LogP contribution is 2.19. The topological polar surface area (TPSA) is 42.3 Å². The zero-order chi connectivity index (χ0) is 12.8. The molecule has 1 fully saturated rings. The third-order valence-electron chi connectivity index (χ3n) is 3.25. The first-order valence-corrected chi connectivity index (χ1v) is 6.61. The fraction of sp³-hybridized carbons (Fsp3) is 0.923. The minimum Gasteiger partial charge on any atom is -0.308 e. The molecule has 17 heavy (non-hydrogen) atoms. The second-order valence-electron chi connectivity index (χ2n) is 5.32. The summed E-state index contributed by atoms with van der Waals surface area (Å²) in [6.07, 6.45) is 2.47. The summed E-state index contributed by atoms with van der Waals surface area (Å²) in [6.45, 7) is 7.26. The molecule has 2 atom stereocenters. The Hall–Kier alpha value is -0.630. The Morgan fingerprint density at radius 2 is 2.00 bits per heavy atom. The van der Waals surface area contributed by atoms with Gasteiger partial charge in [0.25, 0.3) is 0 Å². The van der Waals surface area contributed by atoms with Crippen LogP contribution in [0, 0.1) is 11.3 Å². The lowest BCUT2D eigenvalue weighted by molar-refractivity contribution is 0.173. The molecule has 4 nitrogen and oxygen atoms in total. The van der Waals surface area contributed by atoms with Gasteiger partial charge in [-0.3, -0.25) is 10.2 Å². The van der Waals surface area contributed by atoms with E-state index >= 15 is 0 Å². The van der Waals surface area contributed by atoms with Gasteiger partial charge in [0, 0.05) is 25.2 Å². The van der Waals surface area contributed by atoms with Crippen LogP contribution in [0.15, 0.2) is 0 Å². The standard InChI is InChI=1S/C13H26N4/c1-5-17(11(2)9-16(3)4)10-13(8-14)15-12-6-7-12/h11-13,15H,5-7,9-10H2,1-4H3. The van der Waals surface area contributed by atoms with E-state index in [-0.39, 0.29) is 6.04 Å². The molecule has 0 heterocycles. The summed E-state index contributed by atoms with van der Waals surface area (Å²) in [5.74, 6) is 0. The Morgan fingerprint density at radius 3 is 2.41 bits per heavy atom. The zero-order valence-corrected chi connectivity index (χ0v) is 11.6. The van der Waals surface area contributed by atoms with E-state index in [2.05, 4.69) is 49.1 Å². The van der Waals surface area contributed by atoms with Crippen LogP contribution in [0.3, 0.4) is 0 Å². The number of nitrogens with zero attached hydrogens (tertiary/aromatic N) is 3. The predicted molar refractivity (Wildman–Crippen MR) is 70.8 cm³/mol. The van der Waals surface area contributed by atoms with Crippen LogP contribution in [0.4, 0.5) is 0 Å². The van der Waals surface area contributed by atoms with Gasteiger partial charge in [0.1, 0.15) is 6.04 Å². The van der Waals surface area contributed by atoms with Crippen LogP contribution in [0.25, 0.3) is 0 Å². The van der Waals surface area contributed by atoms with Crippen LogP contribution >= 0.6 is 0 Å². The van der Waals surface area contributed by atoms with Crippen molar-refractivity contribution < 1.29 is 0 Å². The first-order chi connectivity index (χ1) is 8.06. The largest absolute Gasteiger partial charge is 0.308 e. The van der Waals surface area contributed by atoms with Crippen LogP contribution in [-0.2, 0) is 0 Å². The van der Waals surface area contributed by atoms with Gasteiger partial charge < -0.3 is 4.90 Å². The molecule has 0 aromatic rings. The summed E-state index contributed by atoms with van der Waals surface area (Å²) in [5.41, 5.74) is 0. The molecule has 4 heteroatoms. The van der Waals surface area contributed by atoms with Gasteiger partial charge in [-0.25, -0.2) is 0 Å². The lowest BCUT2D eigenvalue weighted by atomic mass is 10.2. The quantitative estimate of drug-likeness (QED) is 0.682. The molecular formula is C13H26N4. The molecule has 1 aliphatic carbocycles. The van der Waals surface area contributed by atoms with Crippen molar-refractivity contribution in [2.75, 3.05) is 33.7 Å². The number of nitriles is 1. The van der Waals surface area contributed by atoms with E-state index < -0.39 is 0 Å². The minimum absolute atomic E-state index is 0.0212. The van der Waals surface area contributed by atoms with Gasteiger partial charge in [-0.05, 0) is 40.4 Å². The first kappa shape index (κ1) is 14.4. The number of rotatable bonds is 8. The highest BCUT2D eigenvalue weighted by Gasteiger charge is 2.26. The monoisotopic (exact) mass is 238 g/mol. The zero-order valence-electron chi connectivity index (χ0n) is 11.6. The van der Waals surface area contributed by atoms with Gasteiger partial charge in [-0.1, -0.05) is 6.92 Å². The number of likely N-dealkylation sites (N-methyl/N-ethyl adjacent to an activating group) is 2. The number of hydrogen-bond acceptors (Lipinski definition) is 4. The summed E-state index contributed by atoms with van der Waals surface area (Å²) in [5, 5.41) is 12.6. The average molecular weight is 238 g/mol. The van der Waals surface area contributed by atoms with Crippen LogP contribution in [0.5, 0.6) is 0 Å². The van der Waals surface area contributed by atoms with Crippen molar-refractivity contribution in [2.45, 2.75) is 44.8 Å². The van der Waals surface area contributed by atoms with Crippen molar-refractivity contribution in [2.24, 2.45) is 0 Å². The van der Waals surface area contributed by atoms with Gasteiger partial charge in [0.2, 0.25) is 0 Å². The van der Waals surface area contributed by atoms with Crippen LogP contribution in [0.1, 0.15) is 26.7 Å².